The summed E-state index contributed by atoms with van der Waals surface area (Å²) in [6.07, 6.45) is 3.08. The molecule has 0 aromatic heterocycles. The first-order valence-corrected chi connectivity index (χ1v) is 6.93. The molecule has 19 heavy (non-hydrogen) atoms. The molecule has 1 aliphatic heterocycles. The quantitative estimate of drug-likeness (QED) is 0.596. The van der Waals surface area contributed by atoms with Crippen LogP contribution in [0.2, 0.25) is 0 Å². The monoisotopic (exact) mass is 263 g/mol. The summed E-state index contributed by atoms with van der Waals surface area (Å²) in [5.74, 6) is 0.882. The lowest BCUT2D eigenvalue weighted by Crippen LogP contribution is -3.14. The Morgan fingerprint density at radius 3 is 2.68 bits per heavy atom. The van der Waals surface area contributed by atoms with Gasteiger partial charge < -0.3 is 14.4 Å². The Bertz CT molecular complexity index is 384. The molecule has 1 N–H and O–H groups in total. The molecule has 104 valence electrons. The number of hydrogen-bond acceptors (Lipinski definition) is 3. The minimum Gasteiger partial charge on any atom is -0.497 e. The van der Waals surface area contributed by atoms with Crippen LogP contribution in [0.25, 0.3) is 0 Å². The highest BCUT2D eigenvalue weighted by molar-refractivity contribution is 5.79. The van der Waals surface area contributed by atoms with E-state index in [0.29, 0.717) is 0 Å². The van der Waals surface area contributed by atoms with Gasteiger partial charge in [0.1, 0.15) is 18.8 Å². The van der Waals surface area contributed by atoms with Crippen LogP contribution in [-0.2, 0) is 4.74 Å². The molecule has 0 saturated carbocycles. The third kappa shape index (κ3) is 5.01. The topological polar surface area (TPSA) is 35.3 Å². The molecule has 4 heteroatoms. The van der Waals surface area contributed by atoms with Crippen LogP contribution in [0.15, 0.2) is 29.3 Å². The smallest absolute Gasteiger partial charge is 0.118 e. The first-order valence-electron chi connectivity index (χ1n) is 6.93. The van der Waals surface area contributed by atoms with E-state index in [4.69, 9.17) is 9.47 Å². The predicted octanol–water partition coefficient (Wildman–Crippen LogP) is 0.419. The highest BCUT2D eigenvalue weighted by atomic mass is 16.5. The van der Waals surface area contributed by atoms with Crippen molar-refractivity contribution >= 4 is 6.21 Å². The summed E-state index contributed by atoms with van der Waals surface area (Å²) >= 11 is 0. The Labute approximate surface area is 115 Å². The lowest BCUT2D eigenvalue weighted by molar-refractivity contribution is -0.908. The average molecular weight is 263 g/mol. The number of nitrogens with one attached hydrogen (secondary N) is 1. The van der Waals surface area contributed by atoms with Crippen molar-refractivity contribution in [3.8, 4) is 5.75 Å². The lowest BCUT2D eigenvalue weighted by Gasteiger charge is -2.23. The van der Waals surface area contributed by atoms with Crippen molar-refractivity contribution in [3.05, 3.63) is 29.8 Å². The van der Waals surface area contributed by atoms with Gasteiger partial charge in [0, 0.05) is 19.2 Å². The van der Waals surface area contributed by atoms with E-state index >= 15 is 0 Å². The van der Waals surface area contributed by atoms with E-state index in [1.807, 2.05) is 30.5 Å². The number of ether oxygens (including phenoxy) is 2. The molecule has 0 amide bonds. The van der Waals surface area contributed by atoms with E-state index < -0.39 is 0 Å². The fourth-order valence-corrected chi connectivity index (χ4v) is 2.19. The number of quaternary nitrogens is 1. The van der Waals surface area contributed by atoms with Crippen molar-refractivity contribution in [3.63, 3.8) is 0 Å². The van der Waals surface area contributed by atoms with Gasteiger partial charge in [0.2, 0.25) is 0 Å². The zero-order valence-corrected chi connectivity index (χ0v) is 11.6. The molecule has 2 rings (SSSR count). The van der Waals surface area contributed by atoms with Crippen LogP contribution in [0.1, 0.15) is 12.0 Å². The molecular formula is C15H23N2O2+. The molecule has 1 heterocycles. The van der Waals surface area contributed by atoms with Gasteiger partial charge in [-0.05, 0) is 29.8 Å². The highest BCUT2D eigenvalue weighted by Crippen LogP contribution is 2.09. The van der Waals surface area contributed by atoms with Crippen molar-refractivity contribution in [2.24, 2.45) is 4.99 Å². The lowest BCUT2D eigenvalue weighted by atomic mass is 10.2. The van der Waals surface area contributed by atoms with Crippen molar-refractivity contribution in [2.75, 3.05) is 46.5 Å². The first kappa shape index (κ1) is 14.0. The van der Waals surface area contributed by atoms with E-state index in [1.165, 1.54) is 6.54 Å². The second kappa shape index (κ2) is 7.92. The minimum absolute atomic E-state index is 0.882. The van der Waals surface area contributed by atoms with E-state index in [1.54, 1.807) is 12.0 Å². The van der Waals surface area contributed by atoms with Crippen molar-refractivity contribution in [2.45, 2.75) is 6.42 Å². The second-order valence-corrected chi connectivity index (χ2v) is 4.77. The Kier molecular flexibility index (Phi) is 5.85. The van der Waals surface area contributed by atoms with Gasteiger partial charge in [-0.2, -0.15) is 0 Å². The molecular weight excluding hydrogens is 240 g/mol. The van der Waals surface area contributed by atoms with Gasteiger partial charge in [-0.15, -0.1) is 0 Å². The Morgan fingerprint density at radius 2 is 2.00 bits per heavy atom. The summed E-state index contributed by atoms with van der Waals surface area (Å²) in [6, 6.07) is 7.96. The number of hydrogen-bond donors (Lipinski definition) is 1. The summed E-state index contributed by atoms with van der Waals surface area (Å²) in [4.78, 5) is 6.12. The van der Waals surface area contributed by atoms with E-state index in [-0.39, 0.29) is 0 Å². The highest BCUT2D eigenvalue weighted by Gasteiger charge is 2.12. The van der Waals surface area contributed by atoms with Gasteiger partial charge >= 0.3 is 0 Å². The summed E-state index contributed by atoms with van der Waals surface area (Å²) in [6.45, 7) is 6.19. The molecule has 4 nitrogen and oxygen atoms in total. The van der Waals surface area contributed by atoms with E-state index in [2.05, 4.69) is 4.99 Å². The Hall–Kier alpha value is -1.39. The molecule has 0 bridgehead atoms. The molecule has 1 aliphatic rings. The summed E-state index contributed by atoms with van der Waals surface area (Å²) in [5, 5.41) is 0. The maximum atomic E-state index is 5.34. The van der Waals surface area contributed by atoms with Crippen LogP contribution in [0.5, 0.6) is 5.75 Å². The number of aliphatic imine (C=N–C) groups is 1. The van der Waals surface area contributed by atoms with Crippen LogP contribution < -0.4 is 9.64 Å². The third-order valence-corrected chi connectivity index (χ3v) is 3.37. The second-order valence-electron chi connectivity index (χ2n) is 4.77. The van der Waals surface area contributed by atoms with Gasteiger partial charge in [-0.25, -0.2) is 0 Å². The first-order chi connectivity index (χ1) is 9.38. The van der Waals surface area contributed by atoms with Crippen LogP contribution in [0.4, 0.5) is 0 Å². The fraction of sp³-hybridized carbons (Fsp3) is 0.533. The van der Waals surface area contributed by atoms with Crippen LogP contribution >= 0.6 is 0 Å². The number of nitrogens with zero attached hydrogens (tertiary/aromatic N) is 1. The number of methoxy groups -OCH3 is 1. The molecule has 1 aromatic rings. The number of benzene rings is 1. The molecule has 1 aromatic carbocycles. The molecule has 0 spiro atoms. The van der Waals surface area contributed by atoms with Crippen LogP contribution in [0, 0.1) is 0 Å². The summed E-state index contributed by atoms with van der Waals surface area (Å²) in [5.41, 5.74) is 1.12. The minimum atomic E-state index is 0.882. The van der Waals surface area contributed by atoms with Crippen molar-refractivity contribution in [1.29, 1.82) is 0 Å². The zero-order valence-electron chi connectivity index (χ0n) is 11.6. The van der Waals surface area contributed by atoms with Gasteiger partial charge in [0.25, 0.3) is 0 Å². The normalized spacial score (nSPS) is 16.9. The molecule has 1 saturated heterocycles. The van der Waals surface area contributed by atoms with Gasteiger partial charge in [0.15, 0.2) is 0 Å². The predicted molar refractivity (Wildman–Crippen MR) is 76.5 cm³/mol. The summed E-state index contributed by atoms with van der Waals surface area (Å²) in [7, 11) is 1.68. The average Bonchev–Trinajstić information content (AvgIpc) is 2.49. The van der Waals surface area contributed by atoms with Crippen molar-refractivity contribution < 1.29 is 14.4 Å². The largest absolute Gasteiger partial charge is 0.497 e. The van der Waals surface area contributed by atoms with E-state index in [9.17, 15) is 0 Å². The standard InChI is InChI=1S/C15H22N2O2/c1-18-15-5-3-14(4-6-15)13-16-7-2-8-17-9-11-19-12-10-17/h3-6,13H,2,7-12H2,1H3/p+1. The molecule has 0 aliphatic carbocycles. The third-order valence-electron chi connectivity index (χ3n) is 3.37. The fourth-order valence-electron chi connectivity index (χ4n) is 2.19. The van der Waals surface area contributed by atoms with Gasteiger partial charge in [0.05, 0.1) is 26.9 Å². The molecule has 0 radical (unpaired) electrons. The maximum Gasteiger partial charge on any atom is 0.118 e. The van der Waals surface area contributed by atoms with Gasteiger partial charge in [-0.3, -0.25) is 4.99 Å². The van der Waals surface area contributed by atoms with Crippen LogP contribution in [-0.4, -0.2) is 52.7 Å². The summed E-state index contributed by atoms with van der Waals surface area (Å²) < 4.78 is 10.5. The Balaban J connectivity index is 1.65. The van der Waals surface area contributed by atoms with Crippen molar-refractivity contribution in [1.82, 2.24) is 0 Å². The SMILES string of the molecule is COc1ccc(C=NCCC[NH+]2CCOCC2)cc1. The van der Waals surface area contributed by atoms with Crippen LogP contribution in [0.3, 0.4) is 0 Å². The molecule has 0 unspecified atom stereocenters. The number of rotatable bonds is 6. The number of morpholine rings is 1. The van der Waals surface area contributed by atoms with Gasteiger partial charge in [-0.1, -0.05) is 0 Å². The van der Waals surface area contributed by atoms with E-state index in [0.717, 1.165) is 50.6 Å². The Morgan fingerprint density at radius 1 is 1.26 bits per heavy atom. The maximum absolute atomic E-state index is 5.34. The molecule has 1 fully saturated rings. The molecule has 0 atom stereocenters. The zero-order chi connectivity index (χ0) is 13.3.